The number of H-pyrrole nitrogens is 1. The number of imidazole rings is 1. The zero-order valence-electron chi connectivity index (χ0n) is 31.9. The summed E-state index contributed by atoms with van der Waals surface area (Å²) in [6, 6.07) is 11.0. The fourth-order valence-electron chi connectivity index (χ4n) is 7.28. The van der Waals surface area contributed by atoms with E-state index in [-0.39, 0.29) is 41.4 Å². The van der Waals surface area contributed by atoms with Crippen molar-refractivity contribution in [3.8, 4) is 22.4 Å². The molecule has 0 unspecified atom stereocenters. The molecule has 0 spiro atoms. The van der Waals surface area contributed by atoms with Crippen molar-refractivity contribution in [3.05, 3.63) is 54.5 Å². The minimum absolute atomic E-state index is 0.124. The van der Waals surface area contributed by atoms with Crippen LogP contribution in [0.25, 0.3) is 33.4 Å². The number of nitrogens with one attached hydrogen (secondary N) is 4. The van der Waals surface area contributed by atoms with Crippen LogP contribution in [-0.4, -0.2) is 100 Å². The number of hydrogen-bond donors (Lipinski definition) is 4. The summed E-state index contributed by atoms with van der Waals surface area (Å²) < 4.78 is 15.1. The molecule has 4 atom stereocenters. The van der Waals surface area contributed by atoms with Crippen LogP contribution in [0.4, 0.5) is 15.4 Å². The third-order valence-electron chi connectivity index (χ3n) is 10.3. The number of carbonyl (C=O) groups excluding carboxylic acids is 5. The van der Waals surface area contributed by atoms with Gasteiger partial charge in [0.1, 0.15) is 23.9 Å². The van der Waals surface area contributed by atoms with Crippen molar-refractivity contribution in [1.29, 1.82) is 0 Å². The molecular formula is C39H48N8O8. The predicted molar refractivity (Wildman–Crippen MR) is 202 cm³/mol. The standard InChI is InChI=1S/C39H48N8O8/c1-21(2)31(42-38(51)53-5)36(49)46-17-7-9-28(46)34-40-20-27(41-34)24-13-11-23(12-14-24)25-15-16-26-30(19-25)55-45-33(26)44-35(48)29-10-8-18-47(29)37(50)32(22(3)4)43-39(52)54-6/h11-16,19-22,28-29,31-32H,7-10,17-18H2,1-6H3,(H,40,41)(H,42,51)(H,43,52)(H,44,45,48)/t28-,29-,31+,32+/m0/s1. The first kappa shape index (κ1) is 38.8. The first-order chi connectivity index (χ1) is 26.4. The third-order valence-corrected chi connectivity index (χ3v) is 10.3. The molecule has 2 aliphatic heterocycles. The van der Waals surface area contributed by atoms with E-state index in [0.717, 1.165) is 35.2 Å². The Bertz CT molecular complexity index is 2040. The van der Waals surface area contributed by atoms with Gasteiger partial charge in [0.25, 0.3) is 0 Å². The highest BCUT2D eigenvalue weighted by Crippen LogP contribution is 2.34. The van der Waals surface area contributed by atoms with Gasteiger partial charge in [-0.15, -0.1) is 0 Å². The fourth-order valence-corrected chi connectivity index (χ4v) is 7.28. The van der Waals surface area contributed by atoms with Crippen LogP contribution in [0.3, 0.4) is 0 Å². The molecule has 0 saturated carbocycles. The van der Waals surface area contributed by atoms with E-state index in [1.165, 1.54) is 19.1 Å². The molecule has 2 fully saturated rings. The molecule has 2 aliphatic rings. The van der Waals surface area contributed by atoms with E-state index in [0.29, 0.717) is 42.7 Å². The number of aromatic nitrogens is 3. The monoisotopic (exact) mass is 756 g/mol. The molecule has 2 aromatic heterocycles. The molecule has 6 rings (SSSR count). The number of anilines is 1. The van der Waals surface area contributed by atoms with E-state index in [9.17, 15) is 24.0 Å². The van der Waals surface area contributed by atoms with Gasteiger partial charge in [-0.05, 0) is 66.3 Å². The Kier molecular flexibility index (Phi) is 11.7. The van der Waals surface area contributed by atoms with E-state index >= 15 is 0 Å². The SMILES string of the molecule is COC(=O)N[C@@H](C(=O)N1CCC[C@H]1C(=O)Nc1noc2cc(-c3ccc(-c4cnc([C@@H]5CCCN5C(=O)[C@H](NC(=O)OC)C(C)C)[nH]4)cc3)ccc12)C(C)C. The number of amides is 5. The number of carbonyl (C=O) groups is 5. The van der Waals surface area contributed by atoms with Crippen molar-refractivity contribution in [1.82, 2.24) is 35.6 Å². The van der Waals surface area contributed by atoms with Gasteiger partial charge in [-0.2, -0.15) is 0 Å². The van der Waals surface area contributed by atoms with Gasteiger partial charge in [-0.3, -0.25) is 14.4 Å². The number of benzene rings is 2. The molecule has 2 aromatic carbocycles. The summed E-state index contributed by atoms with van der Waals surface area (Å²) in [4.78, 5) is 75.5. The normalized spacial score (nSPS) is 18.0. The number of likely N-dealkylation sites (tertiary alicyclic amines) is 2. The predicted octanol–water partition coefficient (Wildman–Crippen LogP) is 5.24. The Morgan fingerprint density at radius 2 is 1.38 bits per heavy atom. The zero-order chi connectivity index (χ0) is 39.4. The summed E-state index contributed by atoms with van der Waals surface area (Å²) in [5, 5.41) is 12.8. The van der Waals surface area contributed by atoms with Crippen LogP contribution in [0.5, 0.6) is 0 Å². The smallest absolute Gasteiger partial charge is 0.407 e. The van der Waals surface area contributed by atoms with Gasteiger partial charge in [-0.1, -0.05) is 63.2 Å². The Hall–Kier alpha value is -5.93. The molecule has 0 bridgehead atoms. The molecule has 0 radical (unpaired) electrons. The van der Waals surface area contributed by atoms with Crippen LogP contribution in [0.2, 0.25) is 0 Å². The summed E-state index contributed by atoms with van der Waals surface area (Å²) in [6.07, 6.45) is 3.11. The lowest BCUT2D eigenvalue weighted by Crippen LogP contribution is -2.54. The van der Waals surface area contributed by atoms with Crippen molar-refractivity contribution in [2.75, 3.05) is 32.6 Å². The van der Waals surface area contributed by atoms with E-state index in [1.807, 2.05) is 70.2 Å². The Balaban J connectivity index is 1.12. The highest BCUT2D eigenvalue weighted by molar-refractivity contribution is 6.03. The lowest BCUT2D eigenvalue weighted by atomic mass is 10.0. The third kappa shape index (κ3) is 8.27. The van der Waals surface area contributed by atoms with E-state index in [4.69, 9.17) is 14.0 Å². The van der Waals surface area contributed by atoms with Crippen LogP contribution in [0.15, 0.2) is 53.2 Å². The van der Waals surface area contributed by atoms with Crippen molar-refractivity contribution in [2.24, 2.45) is 11.8 Å². The maximum Gasteiger partial charge on any atom is 0.407 e. The maximum absolute atomic E-state index is 13.5. The largest absolute Gasteiger partial charge is 0.453 e. The fraction of sp³-hybridized carbons (Fsp3) is 0.462. The Labute approximate surface area is 318 Å². The van der Waals surface area contributed by atoms with Crippen molar-refractivity contribution < 1.29 is 38.0 Å². The first-order valence-electron chi connectivity index (χ1n) is 18.6. The van der Waals surface area contributed by atoms with Gasteiger partial charge in [0.05, 0.1) is 37.5 Å². The molecule has 16 nitrogen and oxygen atoms in total. The minimum atomic E-state index is -0.833. The molecule has 55 heavy (non-hydrogen) atoms. The number of fused-ring (bicyclic) bond motifs is 1. The lowest BCUT2D eigenvalue weighted by Gasteiger charge is -2.30. The summed E-state index contributed by atoms with van der Waals surface area (Å²) in [5.74, 6) is -0.287. The average molecular weight is 757 g/mol. The minimum Gasteiger partial charge on any atom is -0.453 e. The van der Waals surface area contributed by atoms with Crippen molar-refractivity contribution in [3.63, 3.8) is 0 Å². The second kappa shape index (κ2) is 16.6. The van der Waals surface area contributed by atoms with Crippen molar-refractivity contribution >= 4 is 46.7 Å². The summed E-state index contributed by atoms with van der Waals surface area (Å²) in [5.41, 5.74) is 4.01. The number of ether oxygens (including phenoxy) is 2. The number of rotatable bonds is 11. The molecule has 16 heteroatoms. The van der Waals surface area contributed by atoms with Crippen LogP contribution in [0, 0.1) is 11.8 Å². The second-order valence-electron chi connectivity index (χ2n) is 14.6. The van der Waals surface area contributed by atoms with E-state index < -0.39 is 30.3 Å². The van der Waals surface area contributed by atoms with Gasteiger partial charge < -0.3 is 44.7 Å². The zero-order valence-corrected chi connectivity index (χ0v) is 31.9. The summed E-state index contributed by atoms with van der Waals surface area (Å²) in [6.45, 7) is 8.36. The highest BCUT2D eigenvalue weighted by Gasteiger charge is 2.40. The van der Waals surface area contributed by atoms with Crippen LogP contribution < -0.4 is 16.0 Å². The molecule has 4 heterocycles. The Morgan fingerprint density at radius 3 is 2.02 bits per heavy atom. The molecule has 0 aliphatic carbocycles. The molecule has 4 aromatic rings. The highest BCUT2D eigenvalue weighted by atomic mass is 16.5. The molecule has 2 saturated heterocycles. The molecule has 292 valence electrons. The van der Waals surface area contributed by atoms with E-state index in [2.05, 4.69) is 31.1 Å². The van der Waals surface area contributed by atoms with Gasteiger partial charge in [0, 0.05) is 13.1 Å². The van der Waals surface area contributed by atoms with E-state index in [1.54, 1.807) is 11.1 Å². The second-order valence-corrected chi connectivity index (χ2v) is 14.6. The van der Waals surface area contributed by atoms with Crippen LogP contribution in [0.1, 0.15) is 65.2 Å². The maximum atomic E-state index is 13.5. The van der Waals surface area contributed by atoms with Crippen LogP contribution >= 0.6 is 0 Å². The quantitative estimate of drug-likeness (QED) is 0.157. The van der Waals surface area contributed by atoms with Gasteiger partial charge in [0.2, 0.25) is 17.7 Å². The Morgan fingerprint density at radius 1 is 0.800 bits per heavy atom. The number of nitrogens with zero attached hydrogens (tertiary/aromatic N) is 4. The average Bonchev–Trinajstić information content (AvgIpc) is 4.02. The van der Waals surface area contributed by atoms with Gasteiger partial charge in [-0.25, -0.2) is 14.6 Å². The number of alkyl carbamates (subject to hydrolysis) is 2. The van der Waals surface area contributed by atoms with Crippen LogP contribution in [-0.2, 0) is 23.9 Å². The summed E-state index contributed by atoms with van der Waals surface area (Å²) in [7, 11) is 2.51. The number of methoxy groups -OCH3 is 2. The number of aromatic amines is 1. The lowest BCUT2D eigenvalue weighted by molar-refractivity contribution is -0.139. The van der Waals surface area contributed by atoms with Crippen molar-refractivity contribution in [2.45, 2.75) is 77.5 Å². The first-order valence-corrected chi connectivity index (χ1v) is 18.6. The summed E-state index contributed by atoms with van der Waals surface area (Å²) >= 11 is 0. The van der Waals surface area contributed by atoms with Gasteiger partial charge in [0.15, 0.2) is 11.4 Å². The molecule has 4 N–H and O–H groups in total. The molecule has 5 amide bonds. The number of hydrogen-bond acceptors (Lipinski definition) is 10. The van der Waals surface area contributed by atoms with Gasteiger partial charge >= 0.3 is 12.2 Å². The topological polar surface area (TPSA) is 201 Å². The molecular weight excluding hydrogens is 708 g/mol.